The van der Waals surface area contributed by atoms with Crippen LogP contribution in [0.2, 0.25) is 0 Å². The Morgan fingerprint density at radius 3 is 2.62 bits per heavy atom. The van der Waals surface area contributed by atoms with Gasteiger partial charge in [0.05, 0.1) is 19.2 Å². The zero-order valence-corrected chi connectivity index (χ0v) is 11.7. The van der Waals surface area contributed by atoms with Crippen LogP contribution >= 0.6 is 0 Å². The van der Waals surface area contributed by atoms with Crippen molar-refractivity contribution < 1.29 is 13.9 Å². The topological polar surface area (TPSA) is 64.3 Å². The lowest BCUT2D eigenvalue weighted by atomic mass is 10.0. The molecule has 0 bridgehead atoms. The molecule has 2 aromatic carbocycles. The van der Waals surface area contributed by atoms with Gasteiger partial charge >= 0.3 is 0 Å². The normalized spacial score (nSPS) is 10.2. The third-order valence-corrected chi connectivity index (χ3v) is 3.14. The smallest absolute Gasteiger partial charge is 0.228 e. The quantitative estimate of drug-likeness (QED) is 0.888. The minimum absolute atomic E-state index is 0.101. The molecular weight excluding hydrogens is 271 g/mol. The third-order valence-electron chi connectivity index (χ3n) is 3.14. The second-order valence-electron chi connectivity index (χ2n) is 4.54. The molecule has 0 spiro atoms. The van der Waals surface area contributed by atoms with E-state index in [1.807, 2.05) is 24.3 Å². The summed E-state index contributed by atoms with van der Waals surface area (Å²) in [6.45, 7) is 0.358. The molecule has 0 heterocycles. The minimum atomic E-state index is -0.503. The summed E-state index contributed by atoms with van der Waals surface area (Å²) < 4.78 is 18.7. The number of nitrogens with two attached hydrogens (primary N) is 1. The molecular formula is C16H17FN2O2. The molecule has 0 aliphatic heterocycles. The van der Waals surface area contributed by atoms with Gasteiger partial charge in [0.1, 0.15) is 11.6 Å². The van der Waals surface area contributed by atoms with E-state index in [-0.39, 0.29) is 18.0 Å². The van der Waals surface area contributed by atoms with Crippen LogP contribution in [-0.4, -0.2) is 13.0 Å². The highest BCUT2D eigenvalue weighted by Gasteiger charge is 2.10. The number of anilines is 1. The number of nitrogens with one attached hydrogen (secondary N) is 1. The van der Waals surface area contributed by atoms with E-state index in [0.29, 0.717) is 12.3 Å². The van der Waals surface area contributed by atoms with Crippen LogP contribution < -0.4 is 15.8 Å². The fourth-order valence-corrected chi connectivity index (χ4v) is 2.02. The van der Waals surface area contributed by atoms with E-state index in [4.69, 9.17) is 10.5 Å². The van der Waals surface area contributed by atoms with E-state index >= 15 is 0 Å². The number of halogens is 1. The highest BCUT2D eigenvalue weighted by atomic mass is 19.1. The number of ether oxygens (including phenoxy) is 1. The first kappa shape index (κ1) is 15.0. The Morgan fingerprint density at radius 1 is 1.24 bits per heavy atom. The van der Waals surface area contributed by atoms with Gasteiger partial charge in [0.2, 0.25) is 5.91 Å². The Hall–Kier alpha value is -2.40. The van der Waals surface area contributed by atoms with Crippen molar-refractivity contribution in [2.24, 2.45) is 5.73 Å². The highest BCUT2D eigenvalue weighted by Crippen LogP contribution is 2.21. The van der Waals surface area contributed by atoms with Gasteiger partial charge in [0.25, 0.3) is 0 Å². The molecule has 2 rings (SSSR count). The number of hydrogen-bond donors (Lipinski definition) is 2. The molecule has 0 fully saturated rings. The molecule has 0 atom stereocenters. The average molecular weight is 288 g/mol. The first-order chi connectivity index (χ1) is 10.1. The standard InChI is InChI=1S/C16H17FN2O2/c1-21-13-6-7-14(17)15(9-13)19-16(20)8-11-4-2-3-5-12(11)10-18/h2-7,9H,8,10,18H2,1H3,(H,19,20). The maximum absolute atomic E-state index is 13.7. The van der Waals surface area contributed by atoms with E-state index in [9.17, 15) is 9.18 Å². The Morgan fingerprint density at radius 2 is 1.95 bits per heavy atom. The Labute approximate surface area is 122 Å². The second kappa shape index (κ2) is 6.85. The number of amides is 1. The fraction of sp³-hybridized carbons (Fsp3) is 0.188. The SMILES string of the molecule is COc1ccc(F)c(NC(=O)Cc2ccccc2CN)c1. The van der Waals surface area contributed by atoms with Crippen molar-refractivity contribution in [3.8, 4) is 5.75 Å². The first-order valence-electron chi connectivity index (χ1n) is 6.54. The molecule has 0 aliphatic carbocycles. The van der Waals surface area contributed by atoms with Gasteiger partial charge in [-0.25, -0.2) is 4.39 Å². The maximum Gasteiger partial charge on any atom is 0.228 e. The van der Waals surface area contributed by atoms with Crippen LogP contribution in [0.25, 0.3) is 0 Å². The van der Waals surface area contributed by atoms with Gasteiger partial charge in [-0.15, -0.1) is 0 Å². The minimum Gasteiger partial charge on any atom is -0.497 e. The molecule has 110 valence electrons. The summed E-state index contributed by atoms with van der Waals surface area (Å²) in [4.78, 5) is 12.0. The predicted octanol–water partition coefficient (Wildman–Crippen LogP) is 2.47. The average Bonchev–Trinajstić information content (AvgIpc) is 2.50. The lowest BCUT2D eigenvalue weighted by Crippen LogP contribution is -2.17. The molecule has 21 heavy (non-hydrogen) atoms. The van der Waals surface area contributed by atoms with E-state index in [1.165, 1.54) is 25.3 Å². The van der Waals surface area contributed by atoms with Gasteiger partial charge in [0.15, 0.2) is 0 Å². The van der Waals surface area contributed by atoms with Gasteiger partial charge in [-0.1, -0.05) is 24.3 Å². The summed E-state index contributed by atoms with van der Waals surface area (Å²) in [6, 6.07) is 11.6. The number of carbonyl (C=O) groups excluding carboxylic acids is 1. The molecule has 0 aliphatic rings. The zero-order chi connectivity index (χ0) is 15.2. The molecule has 3 N–H and O–H groups in total. The molecule has 0 saturated heterocycles. The van der Waals surface area contributed by atoms with Crippen molar-refractivity contribution in [2.75, 3.05) is 12.4 Å². The van der Waals surface area contributed by atoms with Crippen LogP contribution in [0.4, 0.5) is 10.1 Å². The maximum atomic E-state index is 13.7. The number of rotatable bonds is 5. The zero-order valence-electron chi connectivity index (χ0n) is 11.7. The summed E-state index contributed by atoms with van der Waals surface area (Å²) in [5.41, 5.74) is 7.47. The van der Waals surface area contributed by atoms with Crippen LogP contribution in [-0.2, 0) is 17.8 Å². The number of methoxy groups -OCH3 is 1. The van der Waals surface area contributed by atoms with Gasteiger partial charge in [-0.05, 0) is 23.3 Å². The summed E-state index contributed by atoms with van der Waals surface area (Å²) in [5, 5.41) is 2.55. The molecule has 0 radical (unpaired) electrons. The molecule has 0 aromatic heterocycles. The molecule has 5 heteroatoms. The summed E-state index contributed by atoms with van der Waals surface area (Å²) >= 11 is 0. The Balaban J connectivity index is 2.11. The lowest BCUT2D eigenvalue weighted by molar-refractivity contribution is -0.115. The number of carbonyl (C=O) groups is 1. The van der Waals surface area contributed by atoms with E-state index < -0.39 is 5.82 Å². The van der Waals surface area contributed by atoms with Crippen molar-refractivity contribution in [3.63, 3.8) is 0 Å². The van der Waals surface area contributed by atoms with Crippen LogP contribution in [0.5, 0.6) is 5.75 Å². The predicted molar refractivity (Wildman–Crippen MR) is 79.6 cm³/mol. The van der Waals surface area contributed by atoms with E-state index in [1.54, 1.807) is 0 Å². The first-order valence-corrected chi connectivity index (χ1v) is 6.54. The highest BCUT2D eigenvalue weighted by molar-refractivity contribution is 5.92. The van der Waals surface area contributed by atoms with Crippen molar-refractivity contribution in [1.29, 1.82) is 0 Å². The molecule has 4 nitrogen and oxygen atoms in total. The molecule has 2 aromatic rings. The van der Waals surface area contributed by atoms with Crippen molar-refractivity contribution >= 4 is 11.6 Å². The molecule has 0 unspecified atom stereocenters. The van der Waals surface area contributed by atoms with E-state index in [0.717, 1.165) is 11.1 Å². The Bertz CT molecular complexity index is 644. The van der Waals surface area contributed by atoms with Crippen LogP contribution in [0, 0.1) is 5.82 Å². The van der Waals surface area contributed by atoms with Gasteiger partial charge in [-0.3, -0.25) is 4.79 Å². The summed E-state index contributed by atoms with van der Waals surface area (Å²) in [6.07, 6.45) is 0.143. The molecule has 0 saturated carbocycles. The lowest BCUT2D eigenvalue weighted by Gasteiger charge is -2.10. The second-order valence-corrected chi connectivity index (χ2v) is 4.54. The Kier molecular flexibility index (Phi) is 4.90. The summed E-state index contributed by atoms with van der Waals surface area (Å²) in [7, 11) is 1.48. The fourth-order valence-electron chi connectivity index (χ4n) is 2.02. The van der Waals surface area contributed by atoms with Crippen LogP contribution in [0.15, 0.2) is 42.5 Å². The van der Waals surface area contributed by atoms with Crippen LogP contribution in [0.1, 0.15) is 11.1 Å². The molecule has 1 amide bonds. The van der Waals surface area contributed by atoms with Crippen molar-refractivity contribution in [1.82, 2.24) is 0 Å². The largest absolute Gasteiger partial charge is 0.497 e. The van der Waals surface area contributed by atoms with Crippen LogP contribution in [0.3, 0.4) is 0 Å². The van der Waals surface area contributed by atoms with Crippen molar-refractivity contribution in [3.05, 3.63) is 59.4 Å². The van der Waals surface area contributed by atoms with Gasteiger partial charge < -0.3 is 15.8 Å². The van der Waals surface area contributed by atoms with Gasteiger partial charge in [-0.2, -0.15) is 0 Å². The monoisotopic (exact) mass is 288 g/mol. The van der Waals surface area contributed by atoms with Gasteiger partial charge in [0, 0.05) is 12.6 Å². The summed E-state index contributed by atoms with van der Waals surface area (Å²) in [5.74, 6) is -0.326. The van der Waals surface area contributed by atoms with E-state index in [2.05, 4.69) is 5.32 Å². The third kappa shape index (κ3) is 3.79. The number of hydrogen-bond acceptors (Lipinski definition) is 3. The number of benzene rings is 2. The van der Waals surface area contributed by atoms with Crippen molar-refractivity contribution in [2.45, 2.75) is 13.0 Å².